The van der Waals surface area contributed by atoms with Crippen LogP contribution >= 0.6 is 12.6 Å². The first-order chi connectivity index (χ1) is 20.7. The number of benzene rings is 2. The third kappa shape index (κ3) is 24.8. The lowest BCUT2D eigenvalue weighted by Crippen LogP contribution is -2.31. The van der Waals surface area contributed by atoms with Crippen molar-refractivity contribution in [2.45, 2.75) is 114 Å². The summed E-state index contributed by atoms with van der Waals surface area (Å²) in [6.07, 6.45) is 9.98. The molecule has 0 aliphatic heterocycles. The van der Waals surface area contributed by atoms with Crippen LogP contribution in [0.1, 0.15) is 111 Å². The van der Waals surface area contributed by atoms with Crippen molar-refractivity contribution in [3.05, 3.63) is 90.0 Å². The summed E-state index contributed by atoms with van der Waals surface area (Å²) in [5.74, 6) is 1.94. The van der Waals surface area contributed by atoms with Crippen LogP contribution in [0.15, 0.2) is 73.3 Å². The molecule has 43 heavy (non-hydrogen) atoms. The van der Waals surface area contributed by atoms with Gasteiger partial charge in [-0.15, -0.1) is 13.2 Å². The molecule has 3 nitrogen and oxygen atoms in total. The average Bonchev–Trinajstić information content (AvgIpc) is 3.03. The van der Waals surface area contributed by atoms with E-state index < -0.39 is 0 Å². The van der Waals surface area contributed by atoms with E-state index in [1.807, 2.05) is 37.8 Å². The molecule has 2 aromatic rings. The summed E-state index contributed by atoms with van der Waals surface area (Å²) in [7, 11) is 0. The molecule has 1 amide bonds. The van der Waals surface area contributed by atoms with Gasteiger partial charge in [0.15, 0.2) is 0 Å². The maximum absolute atomic E-state index is 11.9. The Morgan fingerprint density at radius 1 is 1.00 bits per heavy atom. The standard InChI is InChI=1S/C14H21NO.C11H23NS.C10H14.C2H6.C2H4/c1-4-6-10-15(14(16)5-2)13-9-7-8-12(3)11-13;1-4-10(2)9-11(3)5-6-12-7-8-13;1-3-6-10-8-5-4-7-9(10)2;2*1-2/h7-9,11H,4-6,10H2,1-3H3;5,10,12-13H,4,6-9H2,1-3H3;4-5,7-8H,3,6H2,1-2H3;1-2H3;1-2H2/b;11-5-;;;. The molecule has 0 saturated heterocycles. The van der Waals surface area contributed by atoms with Gasteiger partial charge in [0.25, 0.3) is 0 Å². The Morgan fingerprint density at radius 2 is 1.65 bits per heavy atom. The number of amides is 1. The zero-order valence-electron chi connectivity index (χ0n) is 29.8. The first-order valence-electron chi connectivity index (χ1n) is 16.6. The van der Waals surface area contributed by atoms with Crippen molar-refractivity contribution < 1.29 is 4.79 Å². The minimum absolute atomic E-state index is 0.207. The number of unbranched alkanes of at least 4 members (excludes halogenated alkanes) is 1. The van der Waals surface area contributed by atoms with Crippen LogP contribution in [0.25, 0.3) is 0 Å². The van der Waals surface area contributed by atoms with Crippen molar-refractivity contribution in [3.8, 4) is 0 Å². The number of allylic oxidation sites excluding steroid dienone is 1. The minimum Gasteiger partial charge on any atom is -0.312 e. The predicted molar refractivity (Wildman–Crippen MR) is 201 cm³/mol. The summed E-state index contributed by atoms with van der Waals surface area (Å²) >= 11 is 4.13. The molecule has 0 heterocycles. The lowest BCUT2D eigenvalue weighted by Gasteiger charge is -2.22. The third-order valence-corrected chi connectivity index (χ3v) is 6.91. The minimum atomic E-state index is 0.207. The second-order valence-corrected chi connectivity index (χ2v) is 10.9. The Morgan fingerprint density at radius 3 is 2.16 bits per heavy atom. The van der Waals surface area contributed by atoms with E-state index in [1.54, 1.807) is 0 Å². The van der Waals surface area contributed by atoms with E-state index in [0.717, 1.165) is 49.8 Å². The normalized spacial score (nSPS) is 10.7. The van der Waals surface area contributed by atoms with E-state index in [4.69, 9.17) is 0 Å². The van der Waals surface area contributed by atoms with E-state index in [-0.39, 0.29) is 5.91 Å². The van der Waals surface area contributed by atoms with E-state index in [0.29, 0.717) is 6.42 Å². The molecule has 2 aromatic carbocycles. The Bertz CT molecular complexity index is 940. The molecule has 0 aliphatic carbocycles. The number of carbonyl (C=O) groups is 1. The molecule has 1 N–H and O–H groups in total. The van der Waals surface area contributed by atoms with Crippen LogP contribution in [0.4, 0.5) is 5.69 Å². The van der Waals surface area contributed by atoms with Gasteiger partial charge in [-0.1, -0.05) is 116 Å². The molecule has 4 heteroatoms. The molecule has 0 bridgehead atoms. The number of aryl methyl sites for hydroxylation is 3. The molecular weight excluding hydrogens is 545 g/mol. The molecular formula is C39H68N2OS. The van der Waals surface area contributed by atoms with Gasteiger partial charge in [0.05, 0.1) is 0 Å². The van der Waals surface area contributed by atoms with Gasteiger partial charge in [-0.05, 0) is 74.8 Å². The third-order valence-electron chi connectivity index (χ3n) is 6.68. The molecule has 2 rings (SSSR count). The lowest BCUT2D eigenvalue weighted by molar-refractivity contribution is -0.118. The lowest BCUT2D eigenvalue weighted by atomic mass is 10.00. The smallest absolute Gasteiger partial charge is 0.226 e. The van der Waals surface area contributed by atoms with Gasteiger partial charge in [0.2, 0.25) is 5.91 Å². The Balaban J connectivity index is -0.000000538. The molecule has 1 unspecified atom stereocenters. The predicted octanol–water partition coefficient (Wildman–Crippen LogP) is 11.2. The molecule has 0 fully saturated rings. The number of rotatable bonds is 14. The van der Waals surface area contributed by atoms with E-state index in [9.17, 15) is 4.79 Å². The highest BCUT2D eigenvalue weighted by Crippen LogP contribution is 2.18. The number of nitrogens with one attached hydrogen (secondary N) is 1. The number of thiol groups is 1. The van der Waals surface area contributed by atoms with Crippen molar-refractivity contribution in [2.75, 3.05) is 30.3 Å². The van der Waals surface area contributed by atoms with E-state index in [2.05, 4.69) is 122 Å². The summed E-state index contributed by atoms with van der Waals surface area (Å²) < 4.78 is 0. The highest BCUT2D eigenvalue weighted by atomic mass is 32.1. The summed E-state index contributed by atoms with van der Waals surface area (Å²) in [5.41, 5.74) is 6.64. The summed E-state index contributed by atoms with van der Waals surface area (Å²) in [4.78, 5) is 13.8. The van der Waals surface area contributed by atoms with Gasteiger partial charge in [0.1, 0.15) is 0 Å². The maximum Gasteiger partial charge on any atom is 0.226 e. The number of anilines is 1. The summed E-state index contributed by atoms with van der Waals surface area (Å²) in [5, 5.41) is 3.30. The van der Waals surface area contributed by atoms with Crippen molar-refractivity contribution in [2.24, 2.45) is 5.92 Å². The number of nitrogens with zero attached hydrogens (tertiary/aromatic N) is 1. The van der Waals surface area contributed by atoms with Crippen molar-refractivity contribution >= 4 is 24.2 Å². The van der Waals surface area contributed by atoms with Crippen LogP contribution in [0.5, 0.6) is 0 Å². The van der Waals surface area contributed by atoms with Crippen LogP contribution in [0.3, 0.4) is 0 Å². The maximum atomic E-state index is 11.9. The van der Waals surface area contributed by atoms with Crippen molar-refractivity contribution in [1.82, 2.24) is 5.32 Å². The zero-order chi connectivity index (χ0) is 33.5. The fourth-order valence-electron chi connectivity index (χ4n) is 4.07. The molecule has 1 atom stereocenters. The topological polar surface area (TPSA) is 32.3 Å². The highest BCUT2D eigenvalue weighted by molar-refractivity contribution is 7.80. The largest absolute Gasteiger partial charge is 0.312 e. The molecule has 0 aliphatic rings. The first-order valence-corrected chi connectivity index (χ1v) is 17.3. The molecule has 0 spiro atoms. The fraction of sp³-hybridized carbons (Fsp3) is 0.564. The first kappa shape index (κ1) is 45.1. The molecule has 0 saturated carbocycles. The molecule has 0 aromatic heterocycles. The van der Waals surface area contributed by atoms with Crippen LogP contribution in [0, 0.1) is 19.8 Å². The zero-order valence-corrected chi connectivity index (χ0v) is 30.7. The second kappa shape index (κ2) is 32.6. The monoisotopic (exact) mass is 613 g/mol. The van der Waals surface area contributed by atoms with Crippen LogP contribution < -0.4 is 10.2 Å². The van der Waals surface area contributed by atoms with Gasteiger partial charge in [-0.25, -0.2) is 0 Å². The second-order valence-electron chi connectivity index (χ2n) is 10.5. The van der Waals surface area contributed by atoms with Gasteiger partial charge in [-0.3, -0.25) is 4.79 Å². The number of hydrogen-bond donors (Lipinski definition) is 2. The molecule has 246 valence electrons. The van der Waals surface area contributed by atoms with Gasteiger partial charge in [0, 0.05) is 37.5 Å². The van der Waals surface area contributed by atoms with E-state index in [1.165, 1.54) is 47.9 Å². The summed E-state index contributed by atoms with van der Waals surface area (Å²) in [6.45, 7) is 30.1. The van der Waals surface area contributed by atoms with Gasteiger partial charge < -0.3 is 10.2 Å². The van der Waals surface area contributed by atoms with Crippen LogP contribution in [-0.2, 0) is 11.2 Å². The Hall–Kier alpha value is -2.30. The van der Waals surface area contributed by atoms with Crippen LogP contribution in [-0.4, -0.2) is 31.3 Å². The van der Waals surface area contributed by atoms with Crippen molar-refractivity contribution in [1.29, 1.82) is 0 Å². The quantitative estimate of drug-likeness (QED) is 0.126. The molecule has 0 radical (unpaired) electrons. The Kier molecular flexibility index (Phi) is 34.2. The van der Waals surface area contributed by atoms with Gasteiger partial charge >= 0.3 is 0 Å². The van der Waals surface area contributed by atoms with Crippen LogP contribution in [0.2, 0.25) is 0 Å². The SMILES string of the molecule is C=C.CC.CCC(C)C/C(C)=C\CNCCS.CCCCN(C(=O)CC)c1cccc(C)c1.CCCc1ccccc1C. The highest BCUT2D eigenvalue weighted by Gasteiger charge is 2.12. The van der Waals surface area contributed by atoms with E-state index >= 15 is 0 Å². The van der Waals surface area contributed by atoms with Gasteiger partial charge in [-0.2, -0.15) is 12.6 Å². The van der Waals surface area contributed by atoms with Crippen molar-refractivity contribution in [3.63, 3.8) is 0 Å². The number of carbonyl (C=O) groups excluding carboxylic acids is 1. The fourth-order valence-corrected chi connectivity index (χ4v) is 4.22. The summed E-state index contributed by atoms with van der Waals surface area (Å²) in [6, 6.07) is 16.7. The number of hydrogen-bond acceptors (Lipinski definition) is 3. The Labute approximate surface area is 274 Å². The average molecular weight is 613 g/mol.